The van der Waals surface area contributed by atoms with Crippen LogP contribution in [0.15, 0.2) is 5.38 Å². The fraction of sp³-hybridized carbons (Fsp3) is 0.862. The summed E-state index contributed by atoms with van der Waals surface area (Å²) in [5.74, 6) is -1.04. The lowest BCUT2D eigenvalue weighted by atomic mass is 9.91. The molecular weight excluding hydrogens is 532 g/mol. The van der Waals surface area contributed by atoms with Crippen LogP contribution in [0.1, 0.15) is 108 Å². The van der Waals surface area contributed by atoms with E-state index in [9.17, 15) is 25.2 Å². The van der Waals surface area contributed by atoms with E-state index >= 15 is 0 Å². The Morgan fingerprint density at radius 1 is 1.23 bits per heavy atom. The number of rotatable bonds is 19. The van der Waals surface area contributed by atoms with Gasteiger partial charge >= 0.3 is 5.97 Å². The maximum Gasteiger partial charge on any atom is 0.355 e. The Labute approximate surface area is 244 Å². The van der Waals surface area contributed by atoms with Gasteiger partial charge in [-0.2, -0.15) is 0 Å². The highest BCUT2D eigenvalue weighted by molar-refractivity contribution is 7.09. The predicted octanol–water partition coefficient (Wildman–Crippen LogP) is 3.88. The third kappa shape index (κ3) is 10.3. The summed E-state index contributed by atoms with van der Waals surface area (Å²) >= 11 is 1.12. The molecule has 1 aliphatic rings. The zero-order chi connectivity index (χ0) is 29.8. The van der Waals surface area contributed by atoms with Crippen LogP contribution in [0.25, 0.3) is 0 Å². The van der Waals surface area contributed by atoms with E-state index in [0.29, 0.717) is 11.6 Å². The molecule has 1 aromatic heterocycles. The molecule has 40 heavy (non-hydrogen) atoms. The smallest absolute Gasteiger partial charge is 0.355 e. The summed E-state index contributed by atoms with van der Waals surface area (Å²) in [5.41, 5.74) is -0.0843. The van der Waals surface area contributed by atoms with Crippen LogP contribution >= 0.6 is 11.3 Å². The fourth-order valence-corrected chi connectivity index (χ4v) is 6.25. The second-order valence-electron chi connectivity index (χ2n) is 11.7. The second kappa shape index (κ2) is 17.7. The number of carbonyl (C=O) groups is 1. The molecule has 2 rings (SSSR count). The summed E-state index contributed by atoms with van der Waals surface area (Å²) < 4.78 is 6.07. The fourth-order valence-electron chi connectivity index (χ4n) is 5.46. The van der Waals surface area contributed by atoms with E-state index in [-0.39, 0.29) is 42.8 Å². The van der Waals surface area contributed by atoms with E-state index in [2.05, 4.69) is 36.0 Å². The molecule has 1 fully saturated rings. The molecule has 2 heterocycles. The number of thiazole rings is 1. The van der Waals surface area contributed by atoms with Gasteiger partial charge in [0.05, 0.1) is 6.04 Å². The van der Waals surface area contributed by atoms with Crippen molar-refractivity contribution < 1.29 is 30.0 Å². The summed E-state index contributed by atoms with van der Waals surface area (Å²) in [6, 6.07) is -0.759. The Balaban J connectivity index is 2.30. The largest absolute Gasteiger partial charge is 0.476 e. The SMILES string of the molecule is CCCCCOCN(C(O)C(NC(O)C1CCCCN1C)C(C)CC)[C@H](C[C@@H](O)c1nc(C(=O)O)cs1)C(C)C. The Kier molecular flexibility index (Phi) is 15.5. The number of ether oxygens (including phenoxy) is 1. The molecule has 0 aliphatic carbocycles. The van der Waals surface area contributed by atoms with Crippen LogP contribution in [0.4, 0.5) is 0 Å². The van der Waals surface area contributed by atoms with Crippen molar-refractivity contribution in [3.8, 4) is 0 Å². The van der Waals surface area contributed by atoms with Gasteiger partial charge in [0, 0.05) is 24.1 Å². The molecule has 11 heteroatoms. The summed E-state index contributed by atoms with van der Waals surface area (Å²) in [5, 5.41) is 48.7. The van der Waals surface area contributed by atoms with Crippen molar-refractivity contribution in [1.82, 2.24) is 20.1 Å². The molecule has 0 amide bonds. The second-order valence-corrected chi connectivity index (χ2v) is 12.6. The molecule has 1 aromatic rings. The molecule has 0 radical (unpaired) electrons. The molecule has 1 saturated heterocycles. The van der Waals surface area contributed by atoms with E-state index in [4.69, 9.17) is 4.74 Å². The zero-order valence-corrected chi connectivity index (χ0v) is 26.1. The molecule has 5 N–H and O–H groups in total. The average molecular weight is 587 g/mol. The lowest BCUT2D eigenvalue weighted by Gasteiger charge is -2.44. The van der Waals surface area contributed by atoms with Gasteiger partial charge in [-0.15, -0.1) is 11.3 Å². The number of hydrogen-bond acceptors (Lipinski definition) is 10. The maximum atomic E-state index is 12.0. The predicted molar refractivity (Wildman–Crippen MR) is 158 cm³/mol. The number of nitrogens with zero attached hydrogens (tertiary/aromatic N) is 3. The van der Waals surface area contributed by atoms with E-state index < -0.39 is 30.6 Å². The summed E-state index contributed by atoms with van der Waals surface area (Å²) in [7, 11) is 2.03. The number of carboxylic acids is 1. The van der Waals surface area contributed by atoms with E-state index in [1.54, 1.807) is 0 Å². The van der Waals surface area contributed by atoms with Gasteiger partial charge in [0.2, 0.25) is 0 Å². The van der Waals surface area contributed by atoms with Crippen molar-refractivity contribution in [2.45, 2.75) is 123 Å². The lowest BCUT2D eigenvalue weighted by Crippen LogP contribution is -2.62. The highest BCUT2D eigenvalue weighted by Crippen LogP contribution is 2.30. The van der Waals surface area contributed by atoms with Gasteiger partial charge in [-0.25, -0.2) is 9.78 Å². The molecule has 10 nitrogen and oxygen atoms in total. The molecular formula is C29H54N4O6S. The Morgan fingerprint density at radius 2 is 1.95 bits per heavy atom. The number of aliphatic hydroxyl groups excluding tert-OH is 3. The first kappa shape index (κ1) is 35.0. The van der Waals surface area contributed by atoms with Crippen molar-refractivity contribution in [1.29, 1.82) is 0 Å². The van der Waals surface area contributed by atoms with Gasteiger partial charge in [-0.05, 0) is 51.1 Å². The Morgan fingerprint density at radius 3 is 2.52 bits per heavy atom. The number of carboxylic acid groups (broad SMARTS) is 1. The van der Waals surface area contributed by atoms with Crippen molar-refractivity contribution in [3.05, 3.63) is 16.1 Å². The molecule has 0 saturated carbocycles. The summed E-state index contributed by atoms with van der Waals surface area (Å²) in [6.07, 6.45) is 4.42. The maximum absolute atomic E-state index is 12.0. The number of likely N-dealkylation sites (N-methyl/N-ethyl adjacent to an activating group) is 1. The van der Waals surface area contributed by atoms with Crippen LogP contribution in [-0.4, -0.2) is 98.7 Å². The molecule has 0 bridgehead atoms. The molecule has 0 spiro atoms. The summed E-state index contributed by atoms with van der Waals surface area (Å²) in [4.78, 5) is 19.5. The Bertz CT molecular complexity index is 858. The van der Waals surface area contributed by atoms with Crippen LogP contribution in [0, 0.1) is 11.8 Å². The van der Waals surface area contributed by atoms with Crippen molar-refractivity contribution in [3.63, 3.8) is 0 Å². The number of unbranched alkanes of at least 4 members (excludes halogenated alkanes) is 2. The van der Waals surface area contributed by atoms with Crippen LogP contribution in [0.2, 0.25) is 0 Å². The minimum atomic E-state index is -1.13. The highest BCUT2D eigenvalue weighted by atomic mass is 32.1. The molecule has 0 aromatic carbocycles. The Hall–Kier alpha value is -1.18. The van der Waals surface area contributed by atoms with Gasteiger partial charge in [0.1, 0.15) is 30.3 Å². The summed E-state index contributed by atoms with van der Waals surface area (Å²) in [6.45, 7) is 12.0. The number of aliphatic hydroxyl groups is 3. The van der Waals surface area contributed by atoms with Crippen molar-refractivity contribution in [2.24, 2.45) is 11.8 Å². The minimum absolute atomic E-state index is 0.0256. The van der Waals surface area contributed by atoms with Gasteiger partial charge in [-0.1, -0.05) is 60.3 Å². The lowest BCUT2D eigenvalue weighted by molar-refractivity contribution is -0.139. The average Bonchev–Trinajstić information content (AvgIpc) is 3.43. The number of hydrogen-bond donors (Lipinski definition) is 5. The van der Waals surface area contributed by atoms with Crippen LogP contribution in [0.3, 0.4) is 0 Å². The number of aromatic carboxylic acids is 1. The standard InChI is InChI=1S/C29H54N4O6S/c1-7-9-12-15-39-18-33(23(19(3)4)16-24(34)27-30-21(17-40-27)29(37)38)28(36)25(20(5)8-2)31-26(35)22-13-10-11-14-32(22)6/h17,19-20,22-26,28,31,34-36H,7-16,18H2,1-6H3,(H,37,38)/t20?,22?,23-,24-,25?,26?,28?/m1/s1. The van der Waals surface area contributed by atoms with Gasteiger partial charge in [0.15, 0.2) is 5.69 Å². The van der Waals surface area contributed by atoms with Gasteiger partial charge in [-0.3, -0.25) is 15.1 Å². The van der Waals surface area contributed by atoms with Crippen LogP contribution < -0.4 is 5.32 Å². The highest BCUT2D eigenvalue weighted by Gasteiger charge is 2.38. The topological polar surface area (TPSA) is 139 Å². The molecule has 5 unspecified atom stereocenters. The van der Waals surface area contributed by atoms with Gasteiger partial charge < -0.3 is 25.2 Å². The third-order valence-electron chi connectivity index (χ3n) is 8.29. The number of aromatic nitrogens is 1. The molecule has 1 aliphatic heterocycles. The quantitative estimate of drug-likeness (QED) is 0.120. The van der Waals surface area contributed by atoms with Gasteiger partial charge in [0.25, 0.3) is 0 Å². The first-order chi connectivity index (χ1) is 19.0. The van der Waals surface area contributed by atoms with Crippen molar-refractivity contribution in [2.75, 3.05) is 26.9 Å². The monoisotopic (exact) mass is 586 g/mol. The number of likely N-dealkylation sites (tertiary alicyclic amines) is 1. The molecule has 7 atom stereocenters. The normalized spacial score (nSPS) is 21.3. The number of piperidine rings is 1. The first-order valence-corrected chi connectivity index (χ1v) is 15.9. The third-order valence-corrected chi connectivity index (χ3v) is 9.24. The van der Waals surface area contributed by atoms with Crippen molar-refractivity contribution >= 4 is 17.3 Å². The van der Waals surface area contributed by atoms with Crippen LogP contribution in [-0.2, 0) is 4.74 Å². The minimum Gasteiger partial charge on any atom is -0.476 e. The zero-order valence-electron chi connectivity index (χ0n) is 25.3. The van der Waals surface area contributed by atoms with E-state index in [1.807, 2.05) is 25.8 Å². The van der Waals surface area contributed by atoms with Crippen LogP contribution in [0.5, 0.6) is 0 Å². The van der Waals surface area contributed by atoms with E-state index in [0.717, 1.165) is 62.8 Å². The van der Waals surface area contributed by atoms with E-state index in [1.165, 1.54) is 5.38 Å². The number of nitrogens with one attached hydrogen (secondary N) is 1. The molecule has 232 valence electrons. The first-order valence-electron chi connectivity index (χ1n) is 15.0.